The Morgan fingerprint density at radius 1 is 1.33 bits per heavy atom. The van der Waals surface area contributed by atoms with Crippen molar-refractivity contribution in [2.45, 2.75) is 38.3 Å². The van der Waals surface area contributed by atoms with Gasteiger partial charge in [-0.2, -0.15) is 0 Å². The molecule has 2 aliphatic rings. The molecule has 0 spiro atoms. The third kappa shape index (κ3) is 4.33. The highest BCUT2D eigenvalue weighted by Crippen LogP contribution is 2.30. The van der Waals surface area contributed by atoms with Gasteiger partial charge < -0.3 is 20.3 Å². The van der Waals surface area contributed by atoms with Crippen LogP contribution in [0.4, 0.5) is 5.69 Å². The fourth-order valence-electron chi connectivity index (χ4n) is 3.68. The second kappa shape index (κ2) is 8.58. The summed E-state index contributed by atoms with van der Waals surface area (Å²) in [7, 11) is 1.70. The number of hydrogen-bond acceptors (Lipinski definition) is 4. The monoisotopic (exact) mass is 353 g/mol. The van der Waals surface area contributed by atoms with E-state index < -0.39 is 0 Å². The molecule has 2 fully saturated rings. The number of nitrogens with zero attached hydrogens (tertiary/aromatic N) is 1. The molecule has 1 aromatic rings. The number of anilines is 1. The zero-order valence-electron chi connectivity index (χ0n) is 14.5. The number of carbonyl (C=O) groups excluding carboxylic acids is 1. The lowest BCUT2D eigenvalue weighted by Crippen LogP contribution is -2.46. The highest BCUT2D eigenvalue weighted by molar-refractivity contribution is 5.85. The van der Waals surface area contributed by atoms with Crippen molar-refractivity contribution >= 4 is 24.0 Å². The first kappa shape index (κ1) is 18.9. The molecule has 0 aliphatic carbocycles. The molecule has 2 saturated heterocycles. The lowest BCUT2D eigenvalue weighted by molar-refractivity contribution is -0.126. The van der Waals surface area contributed by atoms with Crippen LogP contribution in [0.5, 0.6) is 5.75 Å². The molecule has 0 aromatic heterocycles. The van der Waals surface area contributed by atoms with Crippen molar-refractivity contribution in [2.75, 3.05) is 31.6 Å². The van der Waals surface area contributed by atoms with Crippen molar-refractivity contribution in [2.24, 2.45) is 5.92 Å². The van der Waals surface area contributed by atoms with Gasteiger partial charge in [0.25, 0.3) is 0 Å². The van der Waals surface area contributed by atoms with Crippen LogP contribution in [0.1, 0.15) is 26.2 Å². The summed E-state index contributed by atoms with van der Waals surface area (Å²) in [5.74, 6) is 1.28. The number of benzene rings is 1. The molecule has 6 heteroatoms. The van der Waals surface area contributed by atoms with Gasteiger partial charge in [0.15, 0.2) is 0 Å². The molecule has 2 aliphatic heterocycles. The van der Waals surface area contributed by atoms with Gasteiger partial charge >= 0.3 is 0 Å². The summed E-state index contributed by atoms with van der Waals surface area (Å²) >= 11 is 0. The van der Waals surface area contributed by atoms with E-state index in [9.17, 15) is 4.79 Å². The van der Waals surface area contributed by atoms with Crippen LogP contribution in [0, 0.1) is 5.92 Å². The van der Waals surface area contributed by atoms with E-state index in [-0.39, 0.29) is 30.3 Å². The number of halogens is 1. The molecule has 1 amide bonds. The lowest BCUT2D eigenvalue weighted by Gasteiger charge is -2.28. The van der Waals surface area contributed by atoms with Gasteiger partial charge in [-0.1, -0.05) is 12.1 Å². The summed E-state index contributed by atoms with van der Waals surface area (Å²) in [5, 5.41) is 6.66. The smallest absolute Gasteiger partial charge is 0.223 e. The molecule has 0 saturated carbocycles. The zero-order valence-corrected chi connectivity index (χ0v) is 15.3. The Morgan fingerprint density at radius 3 is 2.88 bits per heavy atom. The van der Waals surface area contributed by atoms with Crippen LogP contribution in [0.3, 0.4) is 0 Å². The van der Waals surface area contributed by atoms with Crippen molar-refractivity contribution < 1.29 is 9.53 Å². The quantitative estimate of drug-likeness (QED) is 0.871. The first-order valence-electron chi connectivity index (χ1n) is 8.59. The molecule has 3 rings (SSSR count). The largest absolute Gasteiger partial charge is 0.495 e. The van der Waals surface area contributed by atoms with E-state index in [0.717, 1.165) is 50.3 Å². The normalized spacial score (nSPS) is 26.6. The van der Waals surface area contributed by atoms with E-state index in [1.807, 2.05) is 18.2 Å². The topological polar surface area (TPSA) is 53.6 Å². The number of hydrogen-bond donors (Lipinski definition) is 2. The fourth-order valence-corrected chi connectivity index (χ4v) is 3.68. The summed E-state index contributed by atoms with van der Waals surface area (Å²) in [5.41, 5.74) is 1.11. The molecular formula is C18H28ClN3O2. The van der Waals surface area contributed by atoms with Crippen molar-refractivity contribution in [3.63, 3.8) is 0 Å². The first-order chi connectivity index (χ1) is 11.2. The summed E-state index contributed by atoms with van der Waals surface area (Å²) in [4.78, 5) is 14.8. The maximum Gasteiger partial charge on any atom is 0.223 e. The molecule has 2 N–H and O–H groups in total. The summed E-state index contributed by atoms with van der Waals surface area (Å²) in [6, 6.07) is 8.75. The fraction of sp³-hybridized carbons (Fsp3) is 0.611. The number of rotatable bonds is 4. The summed E-state index contributed by atoms with van der Waals surface area (Å²) in [6.07, 6.45) is 2.87. The average Bonchev–Trinajstić information content (AvgIpc) is 3.03. The van der Waals surface area contributed by atoms with E-state index in [1.54, 1.807) is 7.11 Å². The number of nitrogens with one attached hydrogen (secondary N) is 2. The Hall–Kier alpha value is -1.46. The van der Waals surface area contributed by atoms with E-state index in [2.05, 4.69) is 28.5 Å². The third-order valence-electron chi connectivity index (χ3n) is 4.95. The van der Waals surface area contributed by atoms with Crippen molar-refractivity contribution in [1.29, 1.82) is 0 Å². The SMILES string of the molecule is COc1ccccc1N1CCC(NC(=O)[C@H]2CCN[C@@H](C)C2)C1.Cl. The van der Waals surface area contributed by atoms with Gasteiger partial charge in [-0.3, -0.25) is 4.79 Å². The Balaban J connectivity index is 0.00000208. The molecule has 1 aromatic carbocycles. The van der Waals surface area contributed by atoms with Crippen LogP contribution in [0.25, 0.3) is 0 Å². The molecule has 2 heterocycles. The number of piperidine rings is 1. The lowest BCUT2D eigenvalue weighted by atomic mass is 9.92. The standard InChI is InChI=1S/C18H27N3O2.ClH/c1-13-11-14(7-9-19-13)18(22)20-15-8-10-21(12-15)16-5-3-4-6-17(16)23-2;/h3-6,13-15,19H,7-12H2,1-2H3,(H,20,22);1H/t13-,14-,15?;/m0./s1. The van der Waals surface area contributed by atoms with Crippen molar-refractivity contribution in [1.82, 2.24) is 10.6 Å². The van der Waals surface area contributed by atoms with Crippen LogP contribution >= 0.6 is 12.4 Å². The summed E-state index contributed by atoms with van der Waals surface area (Å²) < 4.78 is 5.45. The van der Waals surface area contributed by atoms with E-state index >= 15 is 0 Å². The van der Waals surface area contributed by atoms with E-state index in [4.69, 9.17) is 4.74 Å². The van der Waals surface area contributed by atoms with Crippen LogP contribution in [-0.4, -0.2) is 44.7 Å². The Bertz CT molecular complexity index is 555. The Morgan fingerprint density at radius 2 is 2.12 bits per heavy atom. The molecule has 24 heavy (non-hydrogen) atoms. The van der Waals surface area contributed by atoms with Gasteiger partial charge in [0.1, 0.15) is 5.75 Å². The Labute approximate surface area is 150 Å². The number of amides is 1. The molecule has 1 unspecified atom stereocenters. The minimum Gasteiger partial charge on any atom is -0.495 e. The minimum atomic E-state index is 0. The highest BCUT2D eigenvalue weighted by atomic mass is 35.5. The second-order valence-electron chi connectivity index (χ2n) is 6.69. The van der Waals surface area contributed by atoms with Crippen LogP contribution in [-0.2, 0) is 4.79 Å². The maximum atomic E-state index is 12.5. The van der Waals surface area contributed by atoms with Crippen LogP contribution in [0.15, 0.2) is 24.3 Å². The van der Waals surface area contributed by atoms with Gasteiger partial charge in [0.2, 0.25) is 5.91 Å². The highest BCUT2D eigenvalue weighted by Gasteiger charge is 2.30. The van der Waals surface area contributed by atoms with Gasteiger partial charge in [-0.25, -0.2) is 0 Å². The number of ether oxygens (including phenoxy) is 1. The van der Waals surface area contributed by atoms with Crippen LogP contribution in [0.2, 0.25) is 0 Å². The zero-order chi connectivity index (χ0) is 16.2. The van der Waals surface area contributed by atoms with Gasteiger partial charge in [0, 0.05) is 31.1 Å². The third-order valence-corrected chi connectivity index (χ3v) is 4.95. The van der Waals surface area contributed by atoms with Gasteiger partial charge in [0.05, 0.1) is 12.8 Å². The maximum absolute atomic E-state index is 12.5. The first-order valence-corrected chi connectivity index (χ1v) is 8.59. The predicted molar refractivity (Wildman–Crippen MR) is 99.2 cm³/mol. The molecular weight excluding hydrogens is 326 g/mol. The van der Waals surface area contributed by atoms with E-state index in [0.29, 0.717) is 6.04 Å². The molecule has 134 valence electrons. The minimum absolute atomic E-state index is 0. The van der Waals surface area contributed by atoms with Crippen molar-refractivity contribution in [3.05, 3.63) is 24.3 Å². The Kier molecular flexibility index (Phi) is 6.75. The summed E-state index contributed by atoms with van der Waals surface area (Å²) in [6.45, 7) is 4.90. The second-order valence-corrected chi connectivity index (χ2v) is 6.69. The van der Waals surface area contributed by atoms with Crippen molar-refractivity contribution in [3.8, 4) is 5.75 Å². The molecule has 5 nitrogen and oxygen atoms in total. The van der Waals surface area contributed by atoms with Crippen LogP contribution < -0.4 is 20.3 Å². The molecule has 0 radical (unpaired) electrons. The van der Waals surface area contributed by atoms with Gasteiger partial charge in [-0.15, -0.1) is 12.4 Å². The number of carbonyl (C=O) groups is 1. The average molecular weight is 354 g/mol. The molecule has 0 bridgehead atoms. The predicted octanol–water partition coefficient (Wildman–Crippen LogP) is 2.20. The number of methoxy groups -OCH3 is 1. The van der Waals surface area contributed by atoms with Gasteiger partial charge in [-0.05, 0) is 44.9 Å². The molecule has 3 atom stereocenters. The number of para-hydroxylation sites is 2. The van der Waals surface area contributed by atoms with E-state index in [1.165, 1.54) is 0 Å².